The van der Waals surface area contributed by atoms with Crippen molar-refractivity contribution >= 4 is 28.1 Å². The first kappa shape index (κ1) is 21.7. The highest BCUT2D eigenvalue weighted by molar-refractivity contribution is 7.16. The maximum Gasteiger partial charge on any atom is 0.434 e. The van der Waals surface area contributed by atoms with Gasteiger partial charge < -0.3 is 14.3 Å². The molecule has 1 aliphatic rings. The van der Waals surface area contributed by atoms with Crippen molar-refractivity contribution in [3.05, 3.63) is 22.5 Å². The van der Waals surface area contributed by atoms with Gasteiger partial charge in [0.15, 0.2) is 22.5 Å². The molecule has 1 atom stereocenters. The number of alkyl halides is 3. The highest BCUT2D eigenvalue weighted by atomic mass is 32.1. The highest BCUT2D eigenvalue weighted by Crippen LogP contribution is 2.43. The predicted molar refractivity (Wildman–Crippen MR) is 101 cm³/mol. The molecule has 0 spiro atoms. The fourth-order valence-corrected chi connectivity index (χ4v) is 3.71. The van der Waals surface area contributed by atoms with Crippen molar-refractivity contribution in [2.24, 2.45) is 11.1 Å². The van der Waals surface area contributed by atoms with Gasteiger partial charge in [-0.3, -0.25) is 10.1 Å². The van der Waals surface area contributed by atoms with Gasteiger partial charge in [0.25, 0.3) is 5.91 Å². The Bertz CT molecular complexity index is 955. The number of nitrogens with one attached hydrogen (secondary N) is 1. The molecule has 13 heteroatoms. The molecule has 0 saturated heterocycles. The maximum atomic E-state index is 13.5. The number of carbonyl (C=O) groups is 1. The number of amides is 1. The summed E-state index contributed by atoms with van der Waals surface area (Å²) in [4.78, 5) is 28.9. The molecule has 0 bridgehead atoms. The van der Waals surface area contributed by atoms with Crippen LogP contribution in [0.15, 0.2) is 11.5 Å². The summed E-state index contributed by atoms with van der Waals surface area (Å²) in [6, 6.07) is 0. The van der Waals surface area contributed by atoms with Crippen molar-refractivity contribution in [2.45, 2.75) is 32.5 Å². The molecular weight excluding hydrogens is 427 g/mol. The van der Waals surface area contributed by atoms with E-state index in [1.165, 1.54) is 14.2 Å². The first-order valence-corrected chi connectivity index (χ1v) is 9.52. The lowest BCUT2D eigenvalue weighted by Gasteiger charge is -2.10. The molecule has 3 heterocycles. The van der Waals surface area contributed by atoms with E-state index in [0.29, 0.717) is 17.0 Å². The average Bonchev–Trinajstić information content (AvgIpc) is 3.34. The molecule has 0 fully saturated rings. The van der Waals surface area contributed by atoms with Crippen LogP contribution in [0.25, 0.3) is 0 Å². The van der Waals surface area contributed by atoms with Gasteiger partial charge >= 0.3 is 6.18 Å². The number of hydrogen-bond donors (Lipinski definition) is 1. The zero-order valence-corrected chi connectivity index (χ0v) is 17.2. The Balaban J connectivity index is 1.92. The van der Waals surface area contributed by atoms with Crippen molar-refractivity contribution in [3.8, 4) is 11.8 Å². The first-order valence-electron chi connectivity index (χ1n) is 8.70. The minimum absolute atomic E-state index is 0.0365. The Morgan fingerprint density at radius 3 is 2.40 bits per heavy atom. The van der Waals surface area contributed by atoms with Crippen molar-refractivity contribution < 1.29 is 32.3 Å². The Hall–Kier alpha value is -2.96. The van der Waals surface area contributed by atoms with Gasteiger partial charge in [-0.25, -0.2) is 15.0 Å². The van der Waals surface area contributed by atoms with E-state index in [-0.39, 0.29) is 39.7 Å². The normalized spacial score (nSPS) is 16.3. The molecule has 162 valence electrons. The van der Waals surface area contributed by atoms with Crippen LogP contribution in [0.4, 0.5) is 18.3 Å². The number of thiazole rings is 1. The number of hydrogen-bond acceptors (Lipinski definition) is 9. The fourth-order valence-electron chi connectivity index (χ4n) is 2.70. The van der Waals surface area contributed by atoms with E-state index in [2.05, 4.69) is 25.4 Å². The number of nitrogens with zero attached hydrogens (tertiary/aromatic N) is 4. The molecule has 0 aliphatic carbocycles. The van der Waals surface area contributed by atoms with Crippen LogP contribution in [0.5, 0.6) is 11.8 Å². The second-order valence-electron chi connectivity index (χ2n) is 6.49. The van der Waals surface area contributed by atoms with Crippen LogP contribution in [-0.4, -0.2) is 40.8 Å². The van der Waals surface area contributed by atoms with Crippen LogP contribution in [0, 0.1) is 5.92 Å². The number of carbonyl (C=O) groups excluding carboxylic acids is 1. The number of anilines is 1. The summed E-state index contributed by atoms with van der Waals surface area (Å²) < 4.78 is 50.7. The van der Waals surface area contributed by atoms with Crippen molar-refractivity contribution in [1.29, 1.82) is 0 Å². The van der Waals surface area contributed by atoms with Crippen LogP contribution in [0.3, 0.4) is 0 Å². The van der Waals surface area contributed by atoms with Crippen molar-refractivity contribution in [3.63, 3.8) is 0 Å². The fraction of sp³-hybridized carbons (Fsp3) is 0.471. The van der Waals surface area contributed by atoms with Gasteiger partial charge in [0, 0.05) is 6.42 Å². The van der Waals surface area contributed by atoms with Crippen LogP contribution >= 0.6 is 11.3 Å². The third kappa shape index (κ3) is 4.30. The van der Waals surface area contributed by atoms with Crippen LogP contribution < -0.4 is 14.8 Å². The number of aromatic nitrogens is 3. The Kier molecular flexibility index (Phi) is 6.10. The third-order valence-corrected chi connectivity index (χ3v) is 5.25. The quantitative estimate of drug-likeness (QED) is 0.722. The average molecular weight is 445 g/mol. The van der Waals surface area contributed by atoms with Gasteiger partial charge in [-0.1, -0.05) is 30.3 Å². The summed E-state index contributed by atoms with van der Waals surface area (Å²) in [7, 11) is 2.57. The Morgan fingerprint density at radius 1 is 1.27 bits per heavy atom. The second kappa shape index (κ2) is 8.42. The molecule has 0 radical (unpaired) electrons. The summed E-state index contributed by atoms with van der Waals surface area (Å²) in [5.74, 6) is -0.984. The molecule has 1 aliphatic heterocycles. The minimum Gasteiger partial charge on any atom is -0.480 e. The number of methoxy groups -OCH3 is 2. The maximum absolute atomic E-state index is 13.5. The topological polar surface area (TPSA) is 108 Å². The Morgan fingerprint density at radius 2 is 1.90 bits per heavy atom. The molecule has 1 unspecified atom stereocenters. The first-order chi connectivity index (χ1) is 14.2. The smallest absolute Gasteiger partial charge is 0.434 e. The number of halogens is 3. The summed E-state index contributed by atoms with van der Waals surface area (Å²) in [5.41, 5.74) is -0.644. The van der Waals surface area contributed by atoms with Gasteiger partial charge in [-0.05, 0) is 5.92 Å². The van der Waals surface area contributed by atoms with E-state index < -0.39 is 23.9 Å². The van der Waals surface area contributed by atoms with E-state index >= 15 is 0 Å². The highest BCUT2D eigenvalue weighted by Gasteiger charge is 2.42. The van der Waals surface area contributed by atoms with Gasteiger partial charge in [0.2, 0.25) is 11.8 Å². The molecule has 3 rings (SSSR count). The summed E-state index contributed by atoms with van der Waals surface area (Å²) >= 11 is 0.663. The largest absolute Gasteiger partial charge is 0.480 e. The molecule has 2 aromatic heterocycles. The number of rotatable bonds is 6. The molecular formula is C17H18F3N5O4S. The summed E-state index contributed by atoms with van der Waals surface area (Å²) in [6.07, 6.45) is -4.32. The van der Waals surface area contributed by atoms with Gasteiger partial charge in [-0.15, -0.1) is 0 Å². The van der Waals surface area contributed by atoms with E-state index in [9.17, 15) is 18.0 Å². The zero-order valence-electron chi connectivity index (χ0n) is 16.4. The summed E-state index contributed by atoms with van der Waals surface area (Å²) in [5, 5.41) is 5.94. The lowest BCUT2D eigenvalue weighted by molar-refractivity contribution is -0.142. The molecule has 9 nitrogen and oxygen atoms in total. The van der Waals surface area contributed by atoms with Crippen LogP contribution in [-0.2, 0) is 11.0 Å². The number of oxime groups is 1. The van der Waals surface area contributed by atoms with E-state index in [0.717, 1.165) is 6.33 Å². The van der Waals surface area contributed by atoms with E-state index in [4.69, 9.17) is 14.3 Å². The molecule has 0 saturated carbocycles. The van der Waals surface area contributed by atoms with Crippen molar-refractivity contribution in [2.75, 3.05) is 19.5 Å². The van der Waals surface area contributed by atoms with Gasteiger partial charge in [-0.2, -0.15) is 13.2 Å². The van der Waals surface area contributed by atoms with E-state index in [1.54, 1.807) is 0 Å². The third-order valence-electron chi connectivity index (χ3n) is 4.18. The van der Waals surface area contributed by atoms with Gasteiger partial charge in [0.05, 0.1) is 24.8 Å². The van der Waals surface area contributed by atoms with Crippen molar-refractivity contribution in [1.82, 2.24) is 15.0 Å². The Labute approximate surface area is 173 Å². The monoisotopic (exact) mass is 445 g/mol. The lowest BCUT2D eigenvalue weighted by atomic mass is 10.0. The van der Waals surface area contributed by atoms with Crippen LogP contribution in [0.2, 0.25) is 0 Å². The van der Waals surface area contributed by atoms with E-state index in [1.807, 2.05) is 13.8 Å². The molecule has 1 amide bonds. The lowest BCUT2D eigenvalue weighted by Crippen LogP contribution is -2.16. The SMILES string of the molecule is COc1ncnc(OC)c1C(=O)Nc1nc(C(F)(F)F)c(C2CC(C(C)C)=NO2)s1. The molecule has 2 aromatic rings. The van der Waals surface area contributed by atoms with Gasteiger partial charge in [0.1, 0.15) is 6.33 Å². The molecule has 0 aromatic carbocycles. The zero-order chi connectivity index (χ0) is 22.1. The minimum atomic E-state index is -4.73. The summed E-state index contributed by atoms with van der Waals surface area (Å²) in [6.45, 7) is 3.74. The molecule has 1 N–H and O–H groups in total. The predicted octanol–water partition coefficient (Wildman–Crippen LogP) is 3.69. The van der Waals surface area contributed by atoms with Crippen LogP contribution in [0.1, 0.15) is 47.3 Å². The number of ether oxygens (including phenoxy) is 2. The standard InChI is InChI=1S/C17H18F3N5O4S/c1-7(2)8-5-9(29-25-8)11-12(17(18,19)20)23-16(30-11)24-13(26)10-14(27-3)21-6-22-15(10)28-4/h6-7,9H,5H2,1-4H3,(H,23,24,26). The molecule has 30 heavy (non-hydrogen) atoms. The second-order valence-corrected chi connectivity index (χ2v) is 7.52.